The number of nitrogens with one attached hydrogen (secondary N) is 1. The van der Waals surface area contributed by atoms with Crippen LogP contribution in [-0.4, -0.2) is 46.9 Å². The van der Waals surface area contributed by atoms with E-state index in [1.165, 1.54) is 148 Å². The minimum Gasteiger partial charge on any atom is -0.462 e. The molecule has 3 atom stereocenters. The highest BCUT2D eigenvalue weighted by atomic mass is 16.5. The molecule has 6 nitrogen and oxygen atoms in total. The Morgan fingerprint density at radius 3 is 1.23 bits per heavy atom. The Morgan fingerprint density at radius 1 is 0.439 bits per heavy atom. The van der Waals surface area contributed by atoms with Crippen LogP contribution in [0.4, 0.5) is 0 Å². The highest BCUT2D eigenvalue weighted by Gasteiger charge is 2.24. The van der Waals surface area contributed by atoms with Gasteiger partial charge in [0, 0.05) is 6.42 Å². The molecule has 0 radical (unpaired) electrons. The minimum absolute atomic E-state index is 0.0366. The number of esters is 1. The Morgan fingerprint density at radius 2 is 0.788 bits per heavy atom. The molecule has 0 fully saturated rings. The quantitative estimate of drug-likeness (QED) is 0.0321. The van der Waals surface area contributed by atoms with E-state index in [9.17, 15) is 19.8 Å². The van der Waals surface area contributed by atoms with Gasteiger partial charge in [0.05, 0.1) is 25.2 Å². The minimum atomic E-state index is -0.805. The standard InChI is InChI=1S/C60H107NO5/c1-4-7-10-13-16-19-22-24-26-28-29-31-33-35-38-41-44-47-50-53-60(65)66-56(51-48-45-42-39-37-34-32-30-27-25-23-20-17-14-11-8-5-2)54-59(64)61-57(55-62)58(63)52-49-46-43-40-36-21-18-15-12-9-6-3/h16-17,19-20,24-27,32,34,39,42,56-58,62-63H,4-15,18,21-23,28-31,33,35-38,40-41,43-55H2,1-3H3,(H,61,64)/b19-16-,20-17-,26-24-,27-25-,34-32-,42-39-. The Bertz CT molecular complexity index is 1220. The van der Waals surface area contributed by atoms with E-state index in [-0.39, 0.29) is 24.9 Å². The van der Waals surface area contributed by atoms with Crippen LogP contribution in [-0.2, 0) is 14.3 Å². The van der Waals surface area contributed by atoms with E-state index in [0.29, 0.717) is 19.3 Å². The van der Waals surface area contributed by atoms with Gasteiger partial charge in [0.1, 0.15) is 6.10 Å². The lowest BCUT2D eigenvalue weighted by atomic mass is 10.0. The molecule has 0 aliphatic rings. The van der Waals surface area contributed by atoms with E-state index in [1.54, 1.807) is 0 Å². The molecule has 1 amide bonds. The van der Waals surface area contributed by atoms with Crippen LogP contribution in [0.5, 0.6) is 0 Å². The van der Waals surface area contributed by atoms with Crippen LogP contribution < -0.4 is 5.32 Å². The summed E-state index contributed by atoms with van der Waals surface area (Å²) in [5, 5.41) is 23.8. The summed E-state index contributed by atoms with van der Waals surface area (Å²) in [6, 6.07) is -0.722. The number of aliphatic hydroxyl groups is 2. The summed E-state index contributed by atoms with van der Waals surface area (Å²) in [5.41, 5.74) is 0. The number of hydrogen-bond donors (Lipinski definition) is 3. The molecule has 66 heavy (non-hydrogen) atoms. The molecule has 0 saturated heterocycles. The maximum atomic E-state index is 13.2. The Hall–Kier alpha value is -2.70. The number of aliphatic hydroxyl groups excluding tert-OH is 2. The van der Waals surface area contributed by atoms with Gasteiger partial charge in [-0.25, -0.2) is 0 Å². The lowest BCUT2D eigenvalue weighted by molar-refractivity contribution is -0.151. The van der Waals surface area contributed by atoms with Crippen LogP contribution in [0.15, 0.2) is 72.9 Å². The first kappa shape index (κ1) is 63.3. The second-order valence-electron chi connectivity index (χ2n) is 19.0. The van der Waals surface area contributed by atoms with Crippen molar-refractivity contribution in [1.29, 1.82) is 0 Å². The number of ether oxygens (including phenoxy) is 1. The molecule has 0 aliphatic heterocycles. The predicted molar refractivity (Wildman–Crippen MR) is 287 cm³/mol. The van der Waals surface area contributed by atoms with Crippen molar-refractivity contribution >= 4 is 11.9 Å². The van der Waals surface area contributed by atoms with Crippen LogP contribution >= 0.6 is 0 Å². The zero-order chi connectivity index (χ0) is 48.1. The number of hydrogen-bond acceptors (Lipinski definition) is 5. The van der Waals surface area contributed by atoms with Gasteiger partial charge in [-0.05, 0) is 96.3 Å². The summed E-state index contributed by atoms with van der Waals surface area (Å²) in [4.78, 5) is 26.2. The summed E-state index contributed by atoms with van der Waals surface area (Å²) in [7, 11) is 0. The van der Waals surface area contributed by atoms with Gasteiger partial charge in [0.15, 0.2) is 0 Å². The van der Waals surface area contributed by atoms with E-state index >= 15 is 0 Å². The van der Waals surface area contributed by atoms with Crippen molar-refractivity contribution in [2.75, 3.05) is 6.61 Å². The maximum absolute atomic E-state index is 13.2. The van der Waals surface area contributed by atoms with E-state index < -0.39 is 18.2 Å². The Labute approximate surface area is 409 Å². The number of carbonyl (C=O) groups is 2. The first-order chi connectivity index (χ1) is 32.5. The molecule has 0 bridgehead atoms. The van der Waals surface area contributed by atoms with Crippen molar-refractivity contribution in [3.05, 3.63) is 72.9 Å². The summed E-state index contributed by atoms with van der Waals surface area (Å²) >= 11 is 0. The largest absolute Gasteiger partial charge is 0.462 e. The molecule has 0 spiro atoms. The molecule has 0 saturated carbocycles. The van der Waals surface area contributed by atoms with Gasteiger partial charge < -0.3 is 20.3 Å². The van der Waals surface area contributed by atoms with Crippen LogP contribution in [0.1, 0.15) is 271 Å². The summed E-state index contributed by atoms with van der Waals surface area (Å²) in [5.74, 6) is -0.530. The van der Waals surface area contributed by atoms with Crippen molar-refractivity contribution in [3.63, 3.8) is 0 Å². The third-order valence-corrected chi connectivity index (χ3v) is 12.5. The second-order valence-corrected chi connectivity index (χ2v) is 19.0. The molecule has 3 unspecified atom stereocenters. The van der Waals surface area contributed by atoms with Gasteiger partial charge >= 0.3 is 5.97 Å². The van der Waals surface area contributed by atoms with Crippen molar-refractivity contribution in [2.45, 2.75) is 289 Å². The van der Waals surface area contributed by atoms with Crippen molar-refractivity contribution in [1.82, 2.24) is 5.32 Å². The van der Waals surface area contributed by atoms with Crippen LogP contribution in [0.3, 0.4) is 0 Å². The number of amides is 1. The fourth-order valence-corrected chi connectivity index (χ4v) is 8.21. The monoisotopic (exact) mass is 922 g/mol. The molecule has 0 aromatic carbocycles. The number of allylic oxidation sites excluding steroid dienone is 12. The van der Waals surface area contributed by atoms with E-state index in [2.05, 4.69) is 99.0 Å². The summed E-state index contributed by atoms with van der Waals surface area (Å²) in [6.07, 6.45) is 68.2. The first-order valence-corrected chi connectivity index (χ1v) is 28.2. The summed E-state index contributed by atoms with van der Waals surface area (Å²) < 4.78 is 5.93. The fraction of sp³-hybridized carbons (Fsp3) is 0.767. The fourth-order valence-electron chi connectivity index (χ4n) is 8.21. The van der Waals surface area contributed by atoms with Crippen molar-refractivity contribution in [3.8, 4) is 0 Å². The van der Waals surface area contributed by atoms with Gasteiger partial charge in [-0.3, -0.25) is 9.59 Å². The van der Waals surface area contributed by atoms with E-state index in [4.69, 9.17) is 4.74 Å². The Balaban J connectivity index is 4.65. The highest BCUT2D eigenvalue weighted by Crippen LogP contribution is 2.17. The maximum Gasteiger partial charge on any atom is 0.306 e. The zero-order valence-electron chi connectivity index (χ0n) is 43.6. The van der Waals surface area contributed by atoms with E-state index in [0.717, 1.165) is 77.0 Å². The zero-order valence-corrected chi connectivity index (χ0v) is 43.6. The third-order valence-electron chi connectivity index (χ3n) is 12.5. The van der Waals surface area contributed by atoms with Gasteiger partial charge in [0.2, 0.25) is 5.91 Å². The average molecular weight is 923 g/mol. The van der Waals surface area contributed by atoms with Gasteiger partial charge in [-0.1, -0.05) is 235 Å². The Kier molecular flexibility index (Phi) is 51.1. The van der Waals surface area contributed by atoms with Gasteiger partial charge in [-0.2, -0.15) is 0 Å². The smallest absolute Gasteiger partial charge is 0.306 e. The van der Waals surface area contributed by atoms with Gasteiger partial charge in [-0.15, -0.1) is 0 Å². The predicted octanol–water partition coefficient (Wildman–Crippen LogP) is 17.3. The molecular formula is C60H107NO5. The number of carbonyl (C=O) groups excluding carboxylic acids is 2. The van der Waals surface area contributed by atoms with E-state index in [1.807, 2.05) is 0 Å². The topological polar surface area (TPSA) is 95.9 Å². The lowest BCUT2D eigenvalue weighted by Gasteiger charge is -2.24. The molecule has 0 aromatic rings. The molecular weight excluding hydrogens is 815 g/mol. The first-order valence-electron chi connectivity index (χ1n) is 28.2. The van der Waals surface area contributed by atoms with Crippen molar-refractivity contribution in [2.24, 2.45) is 0 Å². The van der Waals surface area contributed by atoms with Gasteiger partial charge in [0.25, 0.3) is 0 Å². The average Bonchev–Trinajstić information content (AvgIpc) is 3.31. The van der Waals surface area contributed by atoms with Crippen LogP contribution in [0, 0.1) is 0 Å². The number of unbranched alkanes of at least 4 members (excludes halogenated alkanes) is 26. The molecule has 3 N–H and O–H groups in total. The lowest BCUT2D eigenvalue weighted by Crippen LogP contribution is -2.46. The normalized spacial score (nSPS) is 13.7. The third kappa shape index (κ3) is 47.8. The molecule has 6 heteroatoms. The highest BCUT2D eigenvalue weighted by molar-refractivity contribution is 5.77. The molecule has 382 valence electrons. The van der Waals surface area contributed by atoms with Crippen LogP contribution in [0.25, 0.3) is 0 Å². The SMILES string of the molecule is CCCCC/C=C\C/C=C\C/C=C\C/C=C\CCCC(CC(=O)NC(CO)C(O)CCCCCCCCCCCCC)OC(=O)CCCCCCCCCCC/C=C\C/C=C\CCCCC. The van der Waals surface area contributed by atoms with Crippen LogP contribution in [0.2, 0.25) is 0 Å². The number of rotatable bonds is 50. The molecule has 0 rings (SSSR count). The second kappa shape index (κ2) is 53.3. The molecule has 0 heterocycles. The molecule has 0 aromatic heterocycles. The summed E-state index contributed by atoms with van der Waals surface area (Å²) in [6.45, 7) is 6.42. The van der Waals surface area contributed by atoms with Crippen molar-refractivity contribution < 1.29 is 24.5 Å². The molecule has 0 aliphatic carbocycles.